The van der Waals surface area contributed by atoms with Gasteiger partial charge in [-0.1, -0.05) is 24.3 Å². The monoisotopic (exact) mass is 268 g/mol. The van der Waals surface area contributed by atoms with Crippen LogP contribution in [-0.4, -0.2) is 13.2 Å². The van der Waals surface area contributed by atoms with Crippen molar-refractivity contribution in [3.63, 3.8) is 0 Å². The van der Waals surface area contributed by atoms with Crippen LogP contribution in [0.1, 0.15) is 30.5 Å². The van der Waals surface area contributed by atoms with Gasteiger partial charge in [-0.05, 0) is 49.1 Å². The second kappa shape index (κ2) is 5.20. The molecule has 0 N–H and O–H groups in total. The van der Waals surface area contributed by atoms with Gasteiger partial charge in [0.2, 0.25) is 0 Å². The molecule has 0 spiro atoms. The molecule has 2 heteroatoms. The summed E-state index contributed by atoms with van der Waals surface area (Å²) < 4.78 is 11.7. The summed E-state index contributed by atoms with van der Waals surface area (Å²) in [5.74, 6) is 1.83. The van der Waals surface area contributed by atoms with Gasteiger partial charge in [-0.25, -0.2) is 0 Å². The Morgan fingerprint density at radius 2 is 1.65 bits per heavy atom. The van der Waals surface area contributed by atoms with Gasteiger partial charge in [0.15, 0.2) is 11.5 Å². The van der Waals surface area contributed by atoms with E-state index in [4.69, 9.17) is 9.47 Å². The van der Waals surface area contributed by atoms with E-state index in [0.717, 1.165) is 23.5 Å². The summed E-state index contributed by atoms with van der Waals surface area (Å²) in [5, 5.41) is 0. The third kappa shape index (κ3) is 1.96. The summed E-state index contributed by atoms with van der Waals surface area (Å²) >= 11 is 0. The minimum absolute atomic E-state index is 0.659. The van der Waals surface area contributed by atoms with Gasteiger partial charge in [0.05, 0.1) is 13.2 Å². The van der Waals surface area contributed by atoms with Gasteiger partial charge < -0.3 is 9.47 Å². The highest BCUT2D eigenvalue weighted by atomic mass is 16.5. The van der Waals surface area contributed by atoms with Crippen LogP contribution >= 0.6 is 0 Å². The Morgan fingerprint density at radius 1 is 0.950 bits per heavy atom. The van der Waals surface area contributed by atoms with E-state index in [9.17, 15) is 0 Å². The molecular formula is C18H20O2. The number of fused-ring (bicyclic) bond motifs is 3. The van der Waals surface area contributed by atoms with E-state index in [1.807, 2.05) is 13.8 Å². The van der Waals surface area contributed by atoms with E-state index in [2.05, 4.69) is 37.3 Å². The lowest BCUT2D eigenvalue weighted by atomic mass is 10.0. The van der Waals surface area contributed by atoms with Crippen molar-refractivity contribution in [2.45, 2.75) is 27.2 Å². The Morgan fingerprint density at radius 3 is 2.40 bits per heavy atom. The van der Waals surface area contributed by atoms with Gasteiger partial charge in [-0.2, -0.15) is 0 Å². The van der Waals surface area contributed by atoms with Gasteiger partial charge in [0, 0.05) is 12.0 Å². The summed E-state index contributed by atoms with van der Waals surface area (Å²) in [4.78, 5) is 0. The summed E-state index contributed by atoms with van der Waals surface area (Å²) in [6.07, 6.45) is 0.932. The van der Waals surface area contributed by atoms with Crippen molar-refractivity contribution in [2.75, 3.05) is 13.2 Å². The number of benzene rings is 2. The molecule has 1 aliphatic rings. The van der Waals surface area contributed by atoms with Gasteiger partial charge in [0.1, 0.15) is 0 Å². The molecule has 3 rings (SSSR count). The largest absolute Gasteiger partial charge is 0.490 e. The van der Waals surface area contributed by atoms with Crippen molar-refractivity contribution in [1.29, 1.82) is 0 Å². The quantitative estimate of drug-likeness (QED) is 0.699. The first-order chi connectivity index (χ1) is 9.76. The molecule has 1 aliphatic carbocycles. The molecule has 20 heavy (non-hydrogen) atoms. The second-order valence-electron chi connectivity index (χ2n) is 5.08. The zero-order valence-corrected chi connectivity index (χ0v) is 12.3. The molecule has 0 bridgehead atoms. The minimum Gasteiger partial charge on any atom is -0.490 e. The Bertz CT molecular complexity index is 644. The minimum atomic E-state index is 0.659. The average Bonchev–Trinajstić information content (AvgIpc) is 2.81. The first kappa shape index (κ1) is 13.0. The van der Waals surface area contributed by atoms with Gasteiger partial charge in [0.25, 0.3) is 0 Å². The van der Waals surface area contributed by atoms with Crippen LogP contribution < -0.4 is 9.47 Å². The zero-order chi connectivity index (χ0) is 14.1. The second-order valence-corrected chi connectivity index (χ2v) is 5.08. The molecule has 0 amide bonds. The van der Waals surface area contributed by atoms with Crippen molar-refractivity contribution < 1.29 is 9.47 Å². The van der Waals surface area contributed by atoms with Crippen molar-refractivity contribution in [3.05, 3.63) is 47.0 Å². The fraction of sp³-hybridized carbons (Fsp3) is 0.333. The van der Waals surface area contributed by atoms with Crippen molar-refractivity contribution in [3.8, 4) is 22.6 Å². The third-order valence-electron chi connectivity index (χ3n) is 3.78. The normalized spacial score (nSPS) is 11.9. The molecule has 0 unspecified atom stereocenters. The first-order valence-electron chi connectivity index (χ1n) is 7.26. The van der Waals surface area contributed by atoms with Crippen LogP contribution in [0, 0.1) is 6.92 Å². The van der Waals surface area contributed by atoms with Gasteiger partial charge in [-0.15, -0.1) is 0 Å². The molecule has 0 fully saturated rings. The van der Waals surface area contributed by atoms with Crippen molar-refractivity contribution in [2.24, 2.45) is 0 Å². The summed E-state index contributed by atoms with van der Waals surface area (Å²) in [7, 11) is 0. The highest BCUT2D eigenvalue weighted by Gasteiger charge is 2.25. The smallest absolute Gasteiger partial charge is 0.165 e. The van der Waals surface area contributed by atoms with Gasteiger partial charge >= 0.3 is 0 Å². The summed E-state index contributed by atoms with van der Waals surface area (Å²) in [5.41, 5.74) is 6.41. The molecule has 2 nitrogen and oxygen atoms in total. The SMILES string of the molecule is CCOc1c(C)cc2c(c1OCC)Cc1ccccc1-2. The Labute approximate surface area is 120 Å². The number of rotatable bonds is 4. The van der Waals surface area contributed by atoms with E-state index >= 15 is 0 Å². The Kier molecular flexibility index (Phi) is 3.39. The van der Waals surface area contributed by atoms with E-state index in [1.165, 1.54) is 22.3 Å². The number of aryl methyl sites for hydroxylation is 1. The molecule has 2 aromatic rings. The molecule has 0 atom stereocenters. The van der Waals surface area contributed by atoms with Crippen molar-refractivity contribution in [1.82, 2.24) is 0 Å². The number of ether oxygens (including phenoxy) is 2. The van der Waals surface area contributed by atoms with Crippen LogP contribution in [0.3, 0.4) is 0 Å². The summed E-state index contributed by atoms with van der Waals surface area (Å²) in [6, 6.07) is 10.8. The van der Waals surface area contributed by atoms with Crippen LogP contribution in [0.2, 0.25) is 0 Å². The molecule has 0 heterocycles. The van der Waals surface area contributed by atoms with E-state index in [1.54, 1.807) is 0 Å². The number of hydrogen-bond acceptors (Lipinski definition) is 2. The predicted molar refractivity (Wildman–Crippen MR) is 81.8 cm³/mol. The third-order valence-corrected chi connectivity index (χ3v) is 3.78. The number of hydrogen-bond donors (Lipinski definition) is 0. The first-order valence-corrected chi connectivity index (χ1v) is 7.26. The maximum Gasteiger partial charge on any atom is 0.165 e. The molecule has 2 aromatic carbocycles. The topological polar surface area (TPSA) is 18.5 Å². The van der Waals surface area contributed by atoms with Crippen LogP contribution in [0.15, 0.2) is 30.3 Å². The van der Waals surface area contributed by atoms with E-state index in [-0.39, 0.29) is 0 Å². The van der Waals surface area contributed by atoms with Crippen molar-refractivity contribution >= 4 is 0 Å². The maximum absolute atomic E-state index is 5.92. The van der Waals surface area contributed by atoms with E-state index in [0.29, 0.717) is 13.2 Å². The van der Waals surface area contributed by atoms with Crippen LogP contribution in [0.25, 0.3) is 11.1 Å². The molecule has 0 aromatic heterocycles. The Balaban J connectivity index is 2.20. The molecule has 0 saturated carbocycles. The highest BCUT2D eigenvalue weighted by Crippen LogP contribution is 2.47. The fourth-order valence-electron chi connectivity index (χ4n) is 2.97. The van der Waals surface area contributed by atoms with Crippen LogP contribution in [0.4, 0.5) is 0 Å². The van der Waals surface area contributed by atoms with Crippen LogP contribution in [0.5, 0.6) is 11.5 Å². The fourth-order valence-corrected chi connectivity index (χ4v) is 2.97. The molecule has 0 saturated heterocycles. The van der Waals surface area contributed by atoms with Gasteiger partial charge in [-0.3, -0.25) is 0 Å². The highest BCUT2D eigenvalue weighted by molar-refractivity contribution is 5.81. The lowest BCUT2D eigenvalue weighted by Crippen LogP contribution is -2.03. The standard InChI is InChI=1S/C18H20O2/c1-4-19-17-12(3)10-15-14-9-7-6-8-13(14)11-16(15)18(17)20-5-2/h6-10H,4-5,11H2,1-3H3. The predicted octanol–water partition coefficient (Wildman–Crippen LogP) is 4.36. The van der Waals surface area contributed by atoms with Crippen LogP contribution in [-0.2, 0) is 6.42 Å². The molecule has 0 aliphatic heterocycles. The lowest BCUT2D eigenvalue weighted by molar-refractivity contribution is 0.284. The summed E-state index contributed by atoms with van der Waals surface area (Å²) in [6.45, 7) is 7.44. The molecule has 0 radical (unpaired) electrons. The zero-order valence-electron chi connectivity index (χ0n) is 12.3. The molecular weight excluding hydrogens is 248 g/mol. The maximum atomic E-state index is 5.92. The lowest BCUT2D eigenvalue weighted by Gasteiger charge is -2.17. The average molecular weight is 268 g/mol. The van der Waals surface area contributed by atoms with E-state index < -0.39 is 0 Å². The molecule has 104 valence electrons. The Hall–Kier alpha value is -1.96.